The number of rotatable bonds is 3. The van der Waals surface area contributed by atoms with Gasteiger partial charge in [0.15, 0.2) is 0 Å². The second-order valence-corrected chi connectivity index (χ2v) is 5.51. The molecule has 0 radical (unpaired) electrons. The molecule has 1 aliphatic heterocycles. The zero-order chi connectivity index (χ0) is 16.1. The van der Waals surface area contributed by atoms with E-state index >= 15 is 0 Å². The molecule has 5 heteroatoms. The molecule has 2 aromatic rings. The molecule has 5 nitrogen and oxygen atoms in total. The van der Waals surface area contributed by atoms with E-state index in [0.29, 0.717) is 24.2 Å². The van der Waals surface area contributed by atoms with Gasteiger partial charge in [-0.1, -0.05) is 6.07 Å². The maximum Gasteiger partial charge on any atom is 0.254 e. The van der Waals surface area contributed by atoms with Crippen molar-refractivity contribution in [1.29, 1.82) is 5.26 Å². The van der Waals surface area contributed by atoms with E-state index in [1.807, 2.05) is 12.1 Å². The molecular formula is C18H17N3O2. The third-order valence-corrected chi connectivity index (χ3v) is 3.86. The quantitative estimate of drug-likeness (QED) is 0.874. The Morgan fingerprint density at radius 1 is 1.30 bits per heavy atom. The van der Waals surface area contributed by atoms with Crippen molar-refractivity contribution in [2.75, 3.05) is 13.1 Å². The lowest BCUT2D eigenvalue weighted by Gasteiger charge is -2.33. The maximum atomic E-state index is 12.6. The third-order valence-electron chi connectivity index (χ3n) is 3.86. The third kappa shape index (κ3) is 3.67. The molecule has 116 valence electrons. The van der Waals surface area contributed by atoms with Crippen LogP contribution in [0, 0.1) is 11.3 Å². The molecule has 1 amide bonds. The predicted molar refractivity (Wildman–Crippen MR) is 84.9 cm³/mol. The van der Waals surface area contributed by atoms with Crippen LogP contribution in [0.15, 0.2) is 48.8 Å². The van der Waals surface area contributed by atoms with Crippen molar-refractivity contribution >= 4 is 5.91 Å². The van der Waals surface area contributed by atoms with E-state index in [1.54, 1.807) is 41.6 Å². The molecular weight excluding hydrogens is 290 g/mol. The number of carbonyl (C=O) groups excluding carboxylic acids is 1. The van der Waals surface area contributed by atoms with E-state index in [0.717, 1.165) is 18.6 Å². The second-order valence-electron chi connectivity index (χ2n) is 5.51. The number of benzene rings is 1. The Balaban J connectivity index is 1.68. The Morgan fingerprint density at radius 2 is 2.13 bits per heavy atom. The smallest absolute Gasteiger partial charge is 0.254 e. The summed E-state index contributed by atoms with van der Waals surface area (Å²) in [6.07, 6.45) is 5.18. The first-order chi connectivity index (χ1) is 11.3. The normalized spacial score (nSPS) is 17.3. The van der Waals surface area contributed by atoms with Crippen molar-refractivity contribution in [3.8, 4) is 11.8 Å². The first-order valence-corrected chi connectivity index (χ1v) is 7.62. The van der Waals surface area contributed by atoms with Gasteiger partial charge in [0.25, 0.3) is 5.91 Å². The molecule has 1 atom stereocenters. The number of piperidine rings is 1. The Labute approximate surface area is 135 Å². The Morgan fingerprint density at radius 3 is 2.91 bits per heavy atom. The topological polar surface area (TPSA) is 66.2 Å². The minimum atomic E-state index is -0.0508. The molecule has 1 aliphatic rings. The zero-order valence-corrected chi connectivity index (χ0v) is 12.7. The lowest BCUT2D eigenvalue weighted by molar-refractivity contribution is 0.0537. The van der Waals surface area contributed by atoms with Crippen molar-refractivity contribution in [3.63, 3.8) is 0 Å². The van der Waals surface area contributed by atoms with Gasteiger partial charge < -0.3 is 9.64 Å². The van der Waals surface area contributed by atoms with Crippen LogP contribution in [0.3, 0.4) is 0 Å². The van der Waals surface area contributed by atoms with Crippen LogP contribution < -0.4 is 4.74 Å². The second kappa shape index (κ2) is 6.93. The largest absolute Gasteiger partial charge is 0.488 e. The molecule has 1 fully saturated rings. The van der Waals surface area contributed by atoms with Crippen molar-refractivity contribution in [2.24, 2.45) is 0 Å². The number of amides is 1. The van der Waals surface area contributed by atoms with Gasteiger partial charge in [-0.2, -0.15) is 5.26 Å². The van der Waals surface area contributed by atoms with E-state index in [-0.39, 0.29) is 12.0 Å². The Hall–Kier alpha value is -2.87. The first-order valence-electron chi connectivity index (χ1n) is 7.62. The average molecular weight is 307 g/mol. The van der Waals surface area contributed by atoms with E-state index in [2.05, 4.69) is 11.1 Å². The first kappa shape index (κ1) is 15.0. The summed E-state index contributed by atoms with van der Waals surface area (Å²) >= 11 is 0. The van der Waals surface area contributed by atoms with Crippen LogP contribution in [0.1, 0.15) is 28.8 Å². The fraction of sp³-hybridized carbons (Fsp3) is 0.278. The number of nitrogens with zero attached hydrogens (tertiary/aromatic N) is 3. The Kier molecular flexibility index (Phi) is 4.53. The molecule has 1 unspecified atom stereocenters. The predicted octanol–water partition coefficient (Wildman–Crippen LogP) is 2.64. The van der Waals surface area contributed by atoms with Gasteiger partial charge in [0.1, 0.15) is 11.9 Å². The van der Waals surface area contributed by atoms with Crippen molar-refractivity contribution in [2.45, 2.75) is 18.9 Å². The molecule has 1 aromatic carbocycles. The van der Waals surface area contributed by atoms with Crippen LogP contribution in [-0.2, 0) is 0 Å². The van der Waals surface area contributed by atoms with Gasteiger partial charge in [-0.05, 0) is 43.2 Å². The molecule has 1 saturated heterocycles. The van der Waals surface area contributed by atoms with Gasteiger partial charge in [0, 0.05) is 24.5 Å². The molecule has 23 heavy (non-hydrogen) atoms. The van der Waals surface area contributed by atoms with Gasteiger partial charge in [-0.15, -0.1) is 0 Å². The lowest BCUT2D eigenvalue weighted by atomic mass is 10.1. The molecule has 0 N–H and O–H groups in total. The fourth-order valence-corrected chi connectivity index (χ4v) is 2.73. The molecule has 0 aliphatic carbocycles. The van der Waals surface area contributed by atoms with Crippen LogP contribution in [-0.4, -0.2) is 35.0 Å². The van der Waals surface area contributed by atoms with Crippen molar-refractivity contribution in [1.82, 2.24) is 9.88 Å². The summed E-state index contributed by atoms with van der Waals surface area (Å²) in [6, 6.07) is 12.5. The average Bonchev–Trinajstić information content (AvgIpc) is 2.62. The van der Waals surface area contributed by atoms with Gasteiger partial charge in [-0.3, -0.25) is 9.78 Å². The summed E-state index contributed by atoms with van der Waals surface area (Å²) in [7, 11) is 0. The lowest BCUT2D eigenvalue weighted by Crippen LogP contribution is -2.44. The molecule has 3 rings (SSSR count). The van der Waals surface area contributed by atoms with E-state index < -0.39 is 0 Å². The van der Waals surface area contributed by atoms with Crippen LogP contribution in [0.2, 0.25) is 0 Å². The number of nitriles is 1. The summed E-state index contributed by atoms with van der Waals surface area (Å²) in [4.78, 5) is 18.4. The van der Waals surface area contributed by atoms with Crippen molar-refractivity contribution in [3.05, 3.63) is 59.9 Å². The monoisotopic (exact) mass is 307 g/mol. The van der Waals surface area contributed by atoms with Gasteiger partial charge in [0.05, 0.1) is 18.2 Å². The number of carbonyl (C=O) groups is 1. The summed E-state index contributed by atoms with van der Waals surface area (Å²) in [5.74, 6) is 0.718. The number of pyridine rings is 1. The standard InChI is InChI=1S/C18H17N3O2/c19-12-14-3-1-4-15(11-14)18(22)21-10-2-5-17(13-21)23-16-6-8-20-9-7-16/h1,3-4,6-9,11,17H,2,5,10,13H2. The Bertz CT molecular complexity index is 725. The minimum Gasteiger partial charge on any atom is -0.488 e. The highest BCUT2D eigenvalue weighted by molar-refractivity contribution is 5.94. The number of hydrogen-bond acceptors (Lipinski definition) is 4. The minimum absolute atomic E-state index is 0.0192. The number of hydrogen-bond donors (Lipinski definition) is 0. The number of aromatic nitrogens is 1. The summed E-state index contributed by atoms with van der Waals surface area (Å²) in [5.41, 5.74) is 1.05. The molecule has 0 spiro atoms. The van der Waals surface area contributed by atoms with E-state index in [4.69, 9.17) is 10.00 Å². The van der Waals surface area contributed by atoms with Crippen LogP contribution in [0.25, 0.3) is 0 Å². The number of ether oxygens (including phenoxy) is 1. The molecule has 0 saturated carbocycles. The maximum absolute atomic E-state index is 12.6. The molecule has 1 aromatic heterocycles. The SMILES string of the molecule is N#Cc1cccc(C(=O)N2CCCC(Oc3ccncc3)C2)c1. The summed E-state index contributed by atoms with van der Waals surface area (Å²) in [6.45, 7) is 1.27. The molecule has 2 heterocycles. The van der Waals surface area contributed by atoms with Gasteiger partial charge in [-0.25, -0.2) is 0 Å². The van der Waals surface area contributed by atoms with Crippen LogP contribution in [0.5, 0.6) is 5.75 Å². The van der Waals surface area contributed by atoms with E-state index in [9.17, 15) is 4.79 Å². The summed E-state index contributed by atoms with van der Waals surface area (Å²) in [5, 5.41) is 8.96. The number of likely N-dealkylation sites (tertiary alicyclic amines) is 1. The highest BCUT2D eigenvalue weighted by Crippen LogP contribution is 2.19. The zero-order valence-electron chi connectivity index (χ0n) is 12.7. The highest BCUT2D eigenvalue weighted by atomic mass is 16.5. The van der Waals surface area contributed by atoms with Crippen LogP contribution >= 0.6 is 0 Å². The molecule has 0 bridgehead atoms. The summed E-state index contributed by atoms with van der Waals surface area (Å²) < 4.78 is 5.93. The van der Waals surface area contributed by atoms with Crippen LogP contribution in [0.4, 0.5) is 0 Å². The van der Waals surface area contributed by atoms with E-state index in [1.165, 1.54) is 0 Å². The van der Waals surface area contributed by atoms with Crippen molar-refractivity contribution < 1.29 is 9.53 Å². The van der Waals surface area contributed by atoms with Gasteiger partial charge in [0.2, 0.25) is 0 Å². The van der Waals surface area contributed by atoms with Gasteiger partial charge >= 0.3 is 0 Å². The fourth-order valence-electron chi connectivity index (χ4n) is 2.73. The highest BCUT2D eigenvalue weighted by Gasteiger charge is 2.25.